The van der Waals surface area contributed by atoms with Crippen molar-refractivity contribution < 1.29 is 18.7 Å². The Morgan fingerprint density at radius 1 is 0.719 bits per heavy atom. The molecule has 0 spiro atoms. The van der Waals surface area contributed by atoms with E-state index in [1.165, 1.54) is 6.07 Å². The lowest BCUT2D eigenvalue weighted by atomic mass is 10.0. The molecule has 0 aliphatic rings. The van der Waals surface area contributed by atoms with Gasteiger partial charge in [0.05, 0.1) is 6.42 Å². The Bertz CT molecular complexity index is 1170. The first-order valence-electron chi connectivity index (χ1n) is 10.2. The fraction of sp³-hybridized carbons (Fsp3) is 0.0769. The summed E-state index contributed by atoms with van der Waals surface area (Å²) in [5.41, 5.74) is 7.82. The number of hydrazine groups is 1. The molecule has 0 unspecified atom stereocenters. The fourth-order valence-corrected chi connectivity index (χ4v) is 3.11. The van der Waals surface area contributed by atoms with Gasteiger partial charge in [-0.15, -0.1) is 0 Å². The molecule has 0 aliphatic carbocycles. The zero-order valence-corrected chi connectivity index (χ0v) is 17.3. The number of carbonyl (C=O) groups is 2. The van der Waals surface area contributed by atoms with Gasteiger partial charge in [-0.3, -0.25) is 20.4 Å². The molecule has 0 fully saturated rings. The number of amides is 2. The maximum Gasteiger partial charge on any atom is 0.305 e. The third-order valence-corrected chi connectivity index (χ3v) is 4.75. The van der Waals surface area contributed by atoms with Crippen LogP contribution in [0.15, 0.2) is 101 Å². The quantitative estimate of drug-likeness (QED) is 0.426. The van der Waals surface area contributed by atoms with Crippen LogP contribution in [0.4, 0.5) is 0 Å². The highest BCUT2D eigenvalue weighted by atomic mass is 16.5. The van der Waals surface area contributed by atoms with Gasteiger partial charge in [-0.2, -0.15) is 0 Å². The van der Waals surface area contributed by atoms with Gasteiger partial charge in [-0.1, -0.05) is 72.8 Å². The highest BCUT2D eigenvalue weighted by molar-refractivity contribution is 5.93. The van der Waals surface area contributed by atoms with Crippen molar-refractivity contribution in [2.24, 2.45) is 0 Å². The molecule has 1 aromatic heterocycles. The molecule has 0 saturated carbocycles. The van der Waals surface area contributed by atoms with Crippen LogP contribution in [0.5, 0.6) is 5.75 Å². The Morgan fingerprint density at radius 2 is 1.38 bits per heavy atom. The fourth-order valence-electron chi connectivity index (χ4n) is 3.11. The van der Waals surface area contributed by atoms with Crippen LogP contribution in [-0.4, -0.2) is 11.8 Å². The maximum absolute atomic E-state index is 12.2. The van der Waals surface area contributed by atoms with E-state index in [-0.39, 0.29) is 24.7 Å². The van der Waals surface area contributed by atoms with Crippen LogP contribution in [-0.2, 0) is 17.8 Å². The largest absolute Gasteiger partial charge is 0.486 e. The van der Waals surface area contributed by atoms with Gasteiger partial charge in [-0.25, -0.2) is 0 Å². The monoisotopic (exact) mass is 426 g/mol. The first-order chi connectivity index (χ1) is 15.7. The Morgan fingerprint density at radius 3 is 2.09 bits per heavy atom. The lowest BCUT2D eigenvalue weighted by molar-refractivity contribution is -0.121. The molecule has 0 atom stereocenters. The van der Waals surface area contributed by atoms with Crippen molar-refractivity contribution in [1.29, 1.82) is 0 Å². The molecule has 0 radical (unpaired) electrons. The van der Waals surface area contributed by atoms with E-state index in [1.54, 1.807) is 6.07 Å². The predicted octanol–water partition coefficient (Wildman–Crippen LogP) is 4.53. The minimum absolute atomic E-state index is 0.0872. The topological polar surface area (TPSA) is 80.6 Å². The van der Waals surface area contributed by atoms with Gasteiger partial charge >= 0.3 is 5.91 Å². The van der Waals surface area contributed by atoms with Crippen LogP contribution < -0.4 is 15.6 Å². The van der Waals surface area contributed by atoms with Crippen molar-refractivity contribution in [2.75, 3.05) is 0 Å². The van der Waals surface area contributed by atoms with Crippen molar-refractivity contribution in [3.8, 4) is 16.9 Å². The van der Waals surface area contributed by atoms with E-state index in [4.69, 9.17) is 9.15 Å². The van der Waals surface area contributed by atoms with Crippen molar-refractivity contribution in [3.63, 3.8) is 0 Å². The van der Waals surface area contributed by atoms with E-state index in [0.717, 1.165) is 16.7 Å². The number of rotatable bonds is 7. The summed E-state index contributed by atoms with van der Waals surface area (Å²) in [7, 11) is 0. The Hall–Kier alpha value is -4.32. The number of hydrogen-bond acceptors (Lipinski definition) is 4. The van der Waals surface area contributed by atoms with Crippen molar-refractivity contribution in [2.45, 2.75) is 13.0 Å². The molecule has 0 bridgehead atoms. The SMILES string of the molecule is O=C(Cc1ccc(-c2ccccc2)cc1)NNC(=O)c1ccc(COc2ccccc2)o1. The predicted molar refractivity (Wildman–Crippen MR) is 121 cm³/mol. The highest BCUT2D eigenvalue weighted by Gasteiger charge is 2.13. The summed E-state index contributed by atoms with van der Waals surface area (Å²) in [6.07, 6.45) is 0.143. The molecule has 3 aromatic carbocycles. The Balaban J connectivity index is 1.24. The smallest absolute Gasteiger partial charge is 0.305 e. The van der Waals surface area contributed by atoms with E-state index in [1.807, 2.05) is 84.9 Å². The number of benzene rings is 3. The first kappa shape index (κ1) is 20.9. The van der Waals surface area contributed by atoms with E-state index in [0.29, 0.717) is 11.5 Å². The van der Waals surface area contributed by atoms with Gasteiger partial charge in [-0.05, 0) is 41.0 Å². The second kappa shape index (κ2) is 10.1. The molecule has 0 saturated heterocycles. The van der Waals surface area contributed by atoms with Crippen molar-refractivity contribution >= 4 is 11.8 Å². The third kappa shape index (κ3) is 5.64. The van der Waals surface area contributed by atoms with Gasteiger partial charge in [0.15, 0.2) is 5.76 Å². The molecular weight excluding hydrogens is 404 g/mol. The maximum atomic E-state index is 12.2. The van der Waals surface area contributed by atoms with Crippen LogP contribution >= 0.6 is 0 Å². The summed E-state index contributed by atoms with van der Waals surface area (Å²) in [5, 5.41) is 0. The highest BCUT2D eigenvalue weighted by Crippen LogP contribution is 2.19. The van der Waals surface area contributed by atoms with Crippen molar-refractivity contribution in [3.05, 3.63) is 114 Å². The zero-order valence-electron chi connectivity index (χ0n) is 17.3. The van der Waals surface area contributed by atoms with Crippen LogP contribution in [0.1, 0.15) is 21.9 Å². The van der Waals surface area contributed by atoms with Crippen LogP contribution in [0, 0.1) is 0 Å². The van der Waals surface area contributed by atoms with Gasteiger partial charge in [0.1, 0.15) is 18.1 Å². The molecule has 6 nitrogen and oxygen atoms in total. The minimum Gasteiger partial charge on any atom is -0.486 e. The number of hydrogen-bond donors (Lipinski definition) is 2. The number of para-hydroxylation sites is 1. The number of furan rings is 1. The average Bonchev–Trinajstić information content (AvgIpc) is 3.32. The summed E-state index contributed by atoms with van der Waals surface area (Å²) in [6, 6.07) is 30.2. The van der Waals surface area contributed by atoms with Crippen LogP contribution in [0.2, 0.25) is 0 Å². The van der Waals surface area contributed by atoms with Gasteiger partial charge in [0.25, 0.3) is 0 Å². The summed E-state index contributed by atoms with van der Waals surface area (Å²) < 4.78 is 11.1. The molecule has 2 N–H and O–H groups in total. The van der Waals surface area contributed by atoms with Crippen LogP contribution in [0.3, 0.4) is 0 Å². The summed E-state index contributed by atoms with van der Waals surface area (Å²) in [5.74, 6) is 0.431. The normalized spacial score (nSPS) is 10.4. The first-order valence-corrected chi connectivity index (χ1v) is 10.2. The molecule has 4 aromatic rings. The second-order valence-electron chi connectivity index (χ2n) is 7.11. The van der Waals surface area contributed by atoms with Gasteiger partial charge in [0.2, 0.25) is 5.91 Å². The molecule has 1 heterocycles. The third-order valence-electron chi connectivity index (χ3n) is 4.75. The second-order valence-corrected chi connectivity index (χ2v) is 7.11. The lowest BCUT2D eigenvalue weighted by Gasteiger charge is -2.07. The summed E-state index contributed by atoms with van der Waals surface area (Å²) in [4.78, 5) is 24.4. The molecule has 2 amide bonds. The number of ether oxygens (including phenoxy) is 1. The molecule has 6 heteroatoms. The van der Waals surface area contributed by atoms with E-state index >= 15 is 0 Å². The Kier molecular flexibility index (Phi) is 6.63. The molecule has 4 rings (SSSR count). The minimum atomic E-state index is -0.538. The standard InChI is InChI=1S/C26H22N2O4/c29-25(17-19-11-13-21(14-12-19)20-7-3-1-4-8-20)27-28-26(30)24-16-15-23(32-24)18-31-22-9-5-2-6-10-22/h1-16H,17-18H2,(H,27,29)(H,28,30). The number of carbonyl (C=O) groups excluding carboxylic acids is 2. The van der Waals surface area contributed by atoms with E-state index < -0.39 is 5.91 Å². The molecule has 160 valence electrons. The Labute approximate surface area is 185 Å². The molecular formula is C26H22N2O4. The van der Waals surface area contributed by atoms with Crippen LogP contribution in [0.25, 0.3) is 11.1 Å². The van der Waals surface area contributed by atoms with Crippen molar-refractivity contribution in [1.82, 2.24) is 10.9 Å². The van der Waals surface area contributed by atoms with Gasteiger partial charge in [0, 0.05) is 0 Å². The van der Waals surface area contributed by atoms with E-state index in [9.17, 15) is 9.59 Å². The summed E-state index contributed by atoms with van der Waals surface area (Å²) >= 11 is 0. The molecule has 32 heavy (non-hydrogen) atoms. The average molecular weight is 426 g/mol. The van der Waals surface area contributed by atoms with E-state index in [2.05, 4.69) is 10.9 Å². The zero-order chi connectivity index (χ0) is 22.2. The molecule has 0 aliphatic heterocycles. The van der Waals surface area contributed by atoms with Gasteiger partial charge < -0.3 is 9.15 Å². The summed E-state index contributed by atoms with van der Waals surface area (Å²) in [6.45, 7) is 0.197. The number of nitrogens with one attached hydrogen (secondary N) is 2. The lowest BCUT2D eigenvalue weighted by Crippen LogP contribution is -2.42.